The zero-order valence-electron chi connectivity index (χ0n) is 12.4. The van der Waals surface area contributed by atoms with E-state index in [2.05, 4.69) is 12.2 Å². The van der Waals surface area contributed by atoms with Gasteiger partial charge in [0.05, 0.1) is 11.5 Å². The van der Waals surface area contributed by atoms with E-state index in [1.54, 1.807) is 23.1 Å². The zero-order valence-corrected chi connectivity index (χ0v) is 13.3. The Kier molecular flexibility index (Phi) is 6.13. The Morgan fingerprint density at radius 2 is 2.18 bits per heavy atom. The second-order valence-corrected chi connectivity index (χ2v) is 5.71. The van der Waals surface area contributed by atoms with E-state index in [9.17, 15) is 14.9 Å². The van der Waals surface area contributed by atoms with Crippen LogP contribution in [0, 0.1) is 15.5 Å². The first-order valence-electron chi connectivity index (χ1n) is 6.90. The highest BCUT2D eigenvalue weighted by Crippen LogP contribution is 2.28. The third kappa shape index (κ3) is 4.08. The van der Waals surface area contributed by atoms with E-state index in [4.69, 9.17) is 5.73 Å². The third-order valence-corrected chi connectivity index (χ3v) is 3.93. The Morgan fingerprint density at radius 3 is 2.77 bits per heavy atom. The van der Waals surface area contributed by atoms with Gasteiger partial charge in [0, 0.05) is 19.2 Å². The molecule has 0 radical (unpaired) electrons. The Labute approximate surface area is 135 Å². The molecule has 1 heterocycles. The maximum absolute atomic E-state index is 12.2. The number of likely N-dealkylation sites (tertiary alicyclic amines) is 1. The zero-order chi connectivity index (χ0) is 15.5. The lowest BCUT2D eigenvalue weighted by molar-refractivity contribution is -0.383. The number of rotatable bonds is 5. The van der Waals surface area contributed by atoms with Gasteiger partial charge < -0.3 is 16.0 Å². The van der Waals surface area contributed by atoms with Gasteiger partial charge in [-0.1, -0.05) is 19.1 Å². The lowest BCUT2D eigenvalue weighted by Crippen LogP contribution is -2.37. The van der Waals surface area contributed by atoms with E-state index < -0.39 is 4.92 Å². The van der Waals surface area contributed by atoms with Crippen molar-refractivity contribution >= 4 is 29.7 Å². The normalized spacial score (nSPS) is 20.4. The van der Waals surface area contributed by atoms with Crippen LogP contribution in [0.2, 0.25) is 0 Å². The minimum absolute atomic E-state index is 0. The van der Waals surface area contributed by atoms with Crippen LogP contribution in [-0.4, -0.2) is 41.9 Å². The Balaban J connectivity index is 0.00000242. The summed E-state index contributed by atoms with van der Waals surface area (Å²) in [5.74, 6) is -0.0645. The van der Waals surface area contributed by atoms with Gasteiger partial charge in [-0.2, -0.15) is 0 Å². The molecule has 0 aromatic heterocycles. The summed E-state index contributed by atoms with van der Waals surface area (Å²) >= 11 is 0. The molecular weight excluding hydrogens is 308 g/mol. The van der Waals surface area contributed by atoms with Crippen LogP contribution in [-0.2, 0) is 4.79 Å². The predicted molar refractivity (Wildman–Crippen MR) is 87.2 cm³/mol. The van der Waals surface area contributed by atoms with Gasteiger partial charge in [-0.25, -0.2) is 0 Å². The number of nitro groups is 1. The van der Waals surface area contributed by atoms with Gasteiger partial charge in [0.1, 0.15) is 5.69 Å². The smallest absolute Gasteiger partial charge is 0.292 e. The van der Waals surface area contributed by atoms with Crippen LogP contribution in [0.5, 0.6) is 0 Å². The van der Waals surface area contributed by atoms with Crippen LogP contribution >= 0.6 is 12.4 Å². The minimum atomic E-state index is -0.464. The standard InChI is InChI=1S/C14H20N4O3.ClH/c1-14(9-15)6-7-17(10-14)13(19)8-16-11-4-2-3-5-12(11)18(20)21;/h2-5,16H,6-10,15H2,1H3;1H. The molecule has 1 fully saturated rings. The topological polar surface area (TPSA) is 102 Å². The number of para-hydroxylation sites is 2. The summed E-state index contributed by atoms with van der Waals surface area (Å²) in [6.45, 7) is 3.99. The summed E-state index contributed by atoms with van der Waals surface area (Å²) < 4.78 is 0. The largest absolute Gasteiger partial charge is 0.371 e. The van der Waals surface area contributed by atoms with Crippen molar-refractivity contribution in [1.82, 2.24) is 4.90 Å². The highest BCUT2D eigenvalue weighted by atomic mass is 35.5. The quantitative estimate of drug-likeness (QED) is 0.631. The second kappa shape index (κ2) is 7.42. The molecule has 8 heteroatoms. The lowest BCUT2D eigenvalue weighted by atomic mass is 9.90. The number of nitrogens with two attached hydrogens (primary N) is 1. The molecule has 0 bridgehead atoms. The molecule has 1 atom stereocenters. The molecular formula is C14H21ClN4O3. The van der Waals surface area contributed by atoms with E-state index in [1.165, 1.54) is 6.07 Å². The van der Waals surface area contributed by atoms with E-state index in [0.717, 1.165) is 6.42 Å². The van der Waals surface area contributed by atoms with Crippen molar-refractivity contribution in [3.63, 3.8) is 0 Å². The number of nitrogens with one attached hydrogen (secondary N) is 1. The summed E-state index contributed by atoms with van der Waals surface area (Å²) in [5.41, 5.74) is 6.03. The highest BCUT2D eigenvalue weighted by Gasteiger charge is 2.34. The number of anilines is 1. The van der Waals surface area contributed by atoms with E-state index in [0.29, 0.717) is 25.3 Å². The molecule has 1 aromatic carbocycles. The van der Waals surface area contributed by atoms with Gasteiger partial charge in [0.2, 0.25) is 5.91 Å². The van der Waals surface area contributed by atoms with Crippen LogP contribution in [0.25, 0.3) is 0 Å². The Bertz CT molecular complexity index is 555. The summed E-state index contributed by atoms with van der Waals surface area (Å²) in [4.78, 5) is 24.4. The first-order valence-corrected chi connectivity index (χ1v) is 6.90. The molecule has 0 spiro atoms. The van der Waals surface area contributed by atoms with Gasteiger partial charge >= 0.3 is 0 Å². The molecule has 1 amide bonds. The van der Waals surface area contributed by atoms with Crippen molar-refractivity contribution in [3.8, 4) is 0 Å². The minimum Gasteiger partial charge on any atom is -0.371 e. The van der Waals surface area contributed by atoms with Crippen molar-refractivity contribution in [3.05, 3.63) is 34.4 Å². The Hall–Kier alpha value is -1.86. The number of carbonyl (C=O) groups is 1. The van der Waals surface area contributed by atoms with Crippen molar-refractivity contribution in [1.29, 1.82) is 0 Å². The number of nitro benzene ring substituents is 1. The molecule has 1 aromatic rings. The second-order valence-electron chi connectivity index (χ2n) is 5.71. The highest BCUT2D eigenvalue weighted by molar-refractivity contribution is 5.85. The predicted octanol–water partition coefficient (Wildman–Crippen LogP) is 1.63. The molecule has 22 heavy (non-hydrogen) atoms. The average Bonchev–Trinajstić information content (AvgIpc) is 2.88. The van der Waals surface area contributed by atoms with E-state index in [-0.39, 0.29) is 36.0 Å². The monoisotopic (exact) mass is 328 g/mol. The van der Waals surface area contributed by atoms with Crippen LogP contribution in [0.1, 0.15) is 13.3 Å². The number of halogens is 1. The van der Waals surface area contributed by atoms with Gasteiger partial charge in [-0.3, -0.25) is 14.9 Å². The van der Waals surface area contributed by atoms with Crippen molar-refractivity contribution in [2.24, 2.45) is 11.1 Å². The van der Waals surface area contributed by atoms with Crippen molar-refractivity contribution in [2.45, 2.75) is 13.3 Å². The summed E-state index contributed by atoms with van der Waals surface area (Å²) in [6, 6.07) is 6.30. The molecule has 1 aliphatic rings. The van der Waals surface area contributed by atoms with Crippen molar-refractivity contribution < 1.29 is 9.72 Å². The van der Waals surface area contributed by atoms with Gasteiger partial charge in [-0.15, -0.1) is 12.4 Å². The summed E-state index contributed by atoms with van der Waals surface area (Å²) in [7, 11) is 0. The van der Waals surface area contributed by atoms with Gasteiger partial charge in [0.15, 0.2) is 0 Å². The number of carbonyl (C=O) groups excluding carboxylic acids is 1. The summed E-state index contributed by atoms with van der Waals surface area (Å²) in [5, 5.41) is 13.8. The lowest BCUT2D eigenvalue weighted by Gasteiger charge is -2.22. The first-order chi connectivity index (χ1) is 9.95. The molecule has 7 nitrogen and oxygen atoms in total. The van der Waals surface area contributed by atoms with E-state index in [1.807, 2.05) is 0 Å². The molecule has 1 unspecified atom stereocenters. The molecule has 1 aliphatic heterocycles. The Morgan fingerprint density at radius 1 is 1.50 bits per heavy atom. The van der Waals surface area contributed by atoms with E-state index >= 15 is 0 Å². The number of nitrogens with zero attached hydrogens (tertiary/aromatic N) is 2. The number of amides is 1. The third-order valence-electron chi connectivity index (χ3n) is 3.93. The number of benzene rings is 1. The van der Waals surface area contributed by atoms with Gasteiger partial charge in [-0.05, 0) is 24.4 Å². The van der Waals surface area contributed by atoms with Crippen LogP contribution < -0.4 is 11.1 Å². The molecule has 0 saturated carbocycles. The molecule has 0 aliphatic carbocycles. The molecule has 122 valence electrons. The fourth-order valence-corrected chi connectivity index (χ4v) is 2.47. The first kappa shape index (κ1) is 18.2. The van der Waals surface area contributed by atoms with Crippen molar-refractivity contribution in [2.75, 3.05) is 31.5 Å². The molecule has 2 rings (SSSR count). The number of hydrogen-bond donors (Lipinski definition) is 2. The maximum atomic E-state index is 12.2. The van der Waals surface area contributed by atoms with Crippen LogP contribution in [0.3, 0.4) is 0 Å². The van der Waals surface area contributed by atoms with Crippen LogP contribution in [0.4, 0.5) is 11.4 Å². The van der Waals surface area contributed by atoms with Crippen LogP contribution in [0.15, 0.2) is 24.3 Å². The fourth-order valence-electron chi connectivity index (χ4n) is 2.47. The molecule has 3 N–H and O–H groups in total. The van der Waals surface area contributed by atoms with Gasteiger partial charge in [0.25, 0.3) is 5.69 Å². The fraction of sp³-hybridized carbons (Fsp3) is 0.500. The summed E-state index contributed by atoms with van der Waals surface area (Å²) in [6.07, 6.45) is 0.890. The number of hydrogen-bond acceptors (Lipinski definition) is 5. The maximum Gasteiger partial charge on any atom is 0.292 e. The SMILES string of the molecule is CC1(CN)CCN(C(=O)CNc2ccccc2[N+](=O)[O-])C1.Cl. The average molecular weight is 329 g/mol. The molecule has 1 saturated heterocycles.